The fourth-order valence-electron chi connectivity index (χ4n) is 3.27. The van der Waals surface area contributed by atoms with Gasteiger partial charge in [-0.15, -0.1) is 10.2 Å². The van der Waals surface area contributed by atoms with Crippen LogP contribution in [-0.2, 0) is 11.2 Å². The lowest BCUT2D eigenvalue weighted by Gasteiger charge is -2.10. The molecule has 164 valence electrons. The topological polar surface area (TPSA) is 81.4 Å². The van der Waals surface area contributed by atoms with Crippen molar-refractivity contribution in [1.82, 2.24) is 19.8 Å². The third kappa shape index (κ3) is 4.55. The van der Waals surface area contributed by atoms with Crippen molar-refractivity contribution < 1.29 is 9.53 Å². The number of aromatic nitrogens is 4. The second-order valence-corrected chi connectivity index (χ2v) is 8.59. The van der Waals surface area contributed by atoms with E-state index in [1.165, 1.54) is 23.0 Å². The first-order chi connectivity index (χ1) is 15.5. The molecule has 4 aromatic rings. The maximum Gasteiger partial charge on any atom is 0.248 e. The van der Waals surface area contributed by atoms with Gasteiger partial charge >= 0.3 is 0 Å². The zero-order chi connectivity index (χ0) is 22.7. The number of nitrogens with one attached hydrogen (secondary N) is 1. The standard InChI is InChI=1S/C24H25N5O2S/c1-5-21-26-27-24-29(21)28-23(32-24)18-11-12-20(31-4)19(14-18)25-22(30)13-8-16-6-9-17(10-7-16)15(2)3/h6-15H,5H2,1-4H3,(H,25,30)/b13-8+. The summed E-state index contributed by atoms with van der Waals surface area (Å²) in [5.41, 5.74) is 3.68. The van der Waals surface area contributed by atoms with Gasteiger partial charge in [0.25, 0.3) is 0 Å². The van der Waals surface area contributed by atoms with E-state index >= 15 is 0 Å². The lowest BCUT2D eigenvalue weighted by molar-refractivity contribution is -0.111. The van der Waals surface area contributed by atoms with Crippen LogP contribution in [0.4, 0.5) is 5.69 Å². The predicted molar refractivity (Wildman–Crippen MR) is 128 cm³/mol. The molecular formula is C24H25N5O2S. The summed E-state index contributed by atoms with van der Waals surface area (Å²) in [4.78, 5) is 13.3. The summed E-state index contributed by atoms with van der Waals surface area (Å²) in [6.07, 6.45) is 4.07. The van der Waals surface area contributed by atoms with Crippen LogP contribution >= 0.6 is 11.3 Å². The number of carbonyl (C=O) groups is 1. The van der Waals surface area contributed by atoms with Gasteiger partial charge in [-0.1, -0.05) is 56.4 Å². The predicted octanol–water partition coefficient (Wildman–Crippen LogP) is 5.20. The van der Waals surface area contributed by atoms with Crippen molar-refractivity contribution in [3.8, 4) is 16.3 Å². The molecule has 0 aliphatic rings. The number of amides is 1. The minimum absolute atomic E-state index is 0.236. The Morgan fingerprint density at radius 1 is 1.19 bits per heavy atom. The second-order valence-electron chi connectivity index (χ2n) is 7.63. The number of hydrogen-bond donors (Lipinski definition) is 1. The summed E-state index contributed by atoms with van der Waals surface area (Å²) in [6, 6.07) is 13.8. The SMILES string of the molecule is CCc1nnc2sc(-c3ccc(OC)c(NC(=O)/C=C/c4ccc(C(C)C)cc4)c3)nn12. The number of anilines is 1. The van der Waals surface area contributed by atoms with Crippen molar-refractivity contribution in [2.24, 2.45) is 0 Å². The summed E-state index contributed by atoms with van der Waals surface area (Å²) >= 11 is 1.45. The van der Waals surface area contributed by atoms with Crippen LogP contribution in [0.25, 0.3) is 21.6 Å². The number of aryl methyl sites for hydroxylation is 1. The van der Waals surface area contributed by atoms with Gasteiger partial charge < -0.3 is 10.1 Å². The molecule has 1 N–H and O–H groups in total. The molecule has 0 atom stereocenters. The summed E-state index contributed by atoms with van der Waals surface area (Å²) in [5, 5.41) is 16.6. The smallest absolute Gasteiger partial charge is 0.248 e. The Morgan fingerprint density at radius 2 is 1.97 bits per heavy atom. The summed E-state index contributed by atoms with van der Waals surface area (Å²) < 4.78 is 7.19. The van der Waals surface area contributed by atoms with Crippen LogP contribution in [0.3, 0.4) is 0 Å². The minimum atomic E-state index is -0.236. The maximum absolute atomic E-state index is 12.6. The van der Waals surface area contributed by atoms with Crippen molar-refractivity contribution >= 4 is 34.0 Å². The summed E-state index contributed by atoms with van der Waals surface area (Å²) in [6.45, 7) is 6.33. The zero-order valence-corrected chi connectivity index (χ0v) is 19.3. The number of benzene rings is 2. The van der Waals surface area contributed by atoms with E-state index in [9.17, 15) is 4.79 Å². The highest BCUT2D eigenvalue weighted by Gasteiger charge is 2.14. The Bertz CT molecular complexity index is 1270. The molecule has 8 heteroatoms. The number of rotatable bonds is 7. The fourth-order valence-corrected chi connectivity index (χ4v) is 4.13. The largest absolute Gasteiger partial charge is 0.495 e. The van der Waals surface area contributed by atoms with E-state index in [4.69, 9.17) is 4.74 Å². The molecule has 0 unspecified atom stereocenters. The molecule has 32 heavy (non-hydrogen) atoms. The van der Waals surface area contributed by atoms with Crippen LogP contribution in [0.15, 0.2) is 48.5 Å². The van der Waals surface area contributed by atoms with Crippen molar-refractivity contribution in [2.45, 2.75) is 33.1 Å². The van der Waals surface area contributed by atoms with E-state index in [2.05, 4.69) is 46.6 Å². The maximum atomic E-state index is 12.6. The molecule has 0 saturated heterocycles. The van der Waals surface area contributed by atoms with Crippen LogP contribution in [-0.4, -0.2) is 32.8 Å². The fraction of sp³-hybridized carbons (Fsp3) is 0.250. The second kappa shape index (κ2) is 9.32. The van der Waals surface area contributed by atoms with Gasteiger partial charge in [-0.05, 0) is 41.3 Å². The molecular weight excluding hydrogens is 422 g/mol. The van der Waals surface area contributed by atoms with Crippen LogP contribution in [0.5, 0.6) is 5.75 Å². The van der Waals surface area contributed by atoms with Crippen LogP contribution in [0.1, 0.15) is 43.6 Å². The Morgan fingerprint density at radius 3 is 2.66 bits per heavy atom. The average molecular weight is 448 g/mol. The number of ether oxygens (including phenoxy) is 1. The van der Waals surface area contributed by atoms with Crippen LogP contribution in [0.2, 0.25) is 0 Å². The van der Waals surface area contributed by atoms with Gasteiger partial charge in [-0.3, -0.25) is 4.79 Å². The van der Waals surface area contributed by atoms with Crippen molar-refractivity contribution in [2.75, 3.05) is 12.4 Å². The Labute approximate surface area is 190 Å². The Balaban J connectivity index is 1.54. The van der Waals surface area contributed by atoms with E-state index in [-0.39, 0.29) is 5.91 Å². The molecule has 7 nitrogen and oxygen atoms in total. The lowest BCUT2D eigenvalue weighted by atomic mass is 10.0. The monoisotopic (exact) mass is 447 g/mol. The van der Waals surface area contributed by atoms with Gasteiger partial charge in [-0.2, -0.15) is 9.61 Å². The van der Waals surface area contributed by atoms with Gasteiger partial charge in [0.15, 0.2) is 5.82 Å². The van der Waals surface area contributed by atoms with E-state index in [1.54, 1.807) is 17.7 Å². The zero-order valence-electron chi connectivity index (χ0n) is 18.5. The van der Waals surface area contributed by atoms with Gasteiger partial charge in [-0.25, -0.2) is 0 Å². The molecule has 2 aromatic carbocycles. The van der Waals surface area contributed by atoms with Gasteiger partial charge in [0, 0.05) is 18.1 Å². The highest BCUT2D eigenvalue weighted by atomic mass is 32.1. The van der Waals surface area contributed by atoms with Crippen LogP contribution < -0.4 is 10.1 Å². The minimum Gasteiger partial charge on any atom is -0.495 e. The molecule has 0 bridgehead atoms. The van der Waals surface area contributed by atoms with E-state index in [0.29, 0.717) is 17.4 Å². The molecule has 0 aliphatic heterocycles. The van der Waals surface area contributed by atoms with Gasteiger partial charge in [0.2, 0.25) is 10.9 Å². The molecule has 4 rings (SSSR count). The first-order valence-electron chi connectivity index (χ1n) is 10.5. The van der Waals surface area contributed by atoms with Gasteiger partial charge in [0.1, 0.15) is 10.8 Å². The highest BCUT2D eigenvalue weighted by molar-refractivity contribution is 7.19. The number of nitrogens with zero attached hydrogens (tertiary/aromatic N) is 4. The van der Waals surface area contributed by atoms with Crippen molar-refractivity contribution in [3.05, 3.63) is 65.5 Å². The number of fused-ring (bicyclic) bond motifs is 1. The summed E-state index contributed by atoms with van der Waals surface area (Å²) in [5.74, 6) is 1.63. The molecule has 0 aliphatic carbocycles. The van der Waals surface area contributed by atoms with Gasteiger partial charge in [0.05, 0.1) is 12.8 Å². The average Bonchev–Trinajstić information content (AvgIpc) is 3.38. The first-order valence-corrected chi connectivity index (χ1v) is 11.3. The molecule has 0 saturated carbocycles. The highest BCUT2D eigenvalue weighted by Crippen LogP contribution is 2.33. The third-order valence-corrected chi connectivity index (χ3v) is 6.05. The van der Waals surface area contributed by atoms with Crippen molar-refractivity contribution in [1.29, 1.82) is 0 Å². The quantitative estimate of drug-likeness (QED) is 0.394. The molecule has 0 radical (unpaired) electrons. The number of hydrogen-bond acceptors (Lipinski definition) is 6. The first kappa shape index (κ1) is 21.7. The van der Waals surface area contributed by atoms with Crippen molar-refractivity contribution in [3.63, 3.8) is 0 Å². The van der Waals surface area contributed by atoms with E-state index < -0.39 is 0 Å². The lowest BCUT2D eigenvalue weighted by Crippen LogP contribution is -2.09. The number of carbonyl (C=O) groups excluding carboxylic acids is 1. The van der Waals surface area contributed by atoms with Crippen LogP contribution in [0, 0.1) is 0 Å². The number of methoxy groups -OCH3 is 1. The third-order valence-electron chi connectivity index (χ3n) is 5.11. The van der Waals surface area contributed by atoms with E-state index in [1.807, 2.05) is 37.3 Å². The summed E-state index contributed by atoms with van der Waals surface area (Å²) in [7, 11) is 1.58. The molecule has 1 amide bonds. The normalized spacial score (nSPS) is 11.5. The van der Waals surface area contributed by atoms with E-state index in [0.717, 1.165) is 33.3 Å². The molecule has 0 spiro atoms. The molecule has 0 fully saturated rings. The molecule has 2 heterocycles. The molecule has 2 aromatic heterocycles. The Hall–Kier alpha value is -3.52. The Kier molecular flexibility index (Phi) is 6.32.